The van der Waals surface area contributed by atoms with Crippen molar-refractivity contribution in [3.8, 4) is 0 Å². The van der Waals surface area contributed by atoms with Gasteiger partial charge in [0.2, 0.25) is 0 Å². The lowest BCUT2D eigenvalue weighted by atomic mass is 9.68. The summed E-state index contributed by atoms with van der Waals surface area (Å²) in [6.07, 6.45) is 8.63. The number of carbonyl (C=O) groups excluding carboxylic acids is 1. The molecule has 2 nitrogen and oxygen atoms in total. The highest BCUT2D eigenvalue weighted by Crippen LogP contribution is 2.42. The standard InChI is InChI=1S/C17H24O2/c1-15(18)19-13-12-17(10-6-3-7-11-17)14-16-8-4-2-5-9-16/h2,4-5,8-9H,3,6-7,10-14H2,1H3. The molecule has 0 N–H and O–H groups in total. The minimum Gasteiger partial charge on any atom is -0.466 e. The van der Waals surface area contributed by atoms with Crippen LogP contribution in [0.15, 0.2) is 30.3 Å². The Morgan fingerprint density at radius 2 is 1.84 bits per heavy atom. The summed E-state index contributed by atoms with van der Waals surface area (Å²) in [7, 11) is 0. The average Bonchev–Trinajstić information content (AvgIpc) is 2.40. The first kappa shape index (κ1) is 14.1. The summed E-state index contributed by atoms with van der Waals surface area (Å²) in [6, 6.07) is 10.7. The van der Waals surface area contributed by atoms with E-state index in [1.54, 1.807) is 0 Å². The van der Waals surface area contributed by atoms with Crippen LogP contribution in [0.3, 0.4) is 0 Å². The van der Waals surface area contributed by atoms with E-state index in [-0.39, 0.29) is 5.97 Å². The fourth-order valence-electron chi connectivity index (χ4n) is 3.26. The molecule has 1 aliphatic rings. The van der Waals surface area contributed by atoms with Gasteiger partial charge in [-0.15, -0.1) is 0 Å². The highest BCUT2D eigenvalue weighted by atomic mass is 16.5. The molecule has 104 valence electrons. The van der Waals surface area contributed by atoms with Crippen molar-refractivity contribution in [2.45, 2.75) is 51.9 Å². The zero-order chi connectivity index (χ0) is 13.6. The number of ether oxygens (including phenoxy) is 1. The van der Waals surface area contributed by atoms with Crippen molar-refractivity contribution in [1.82, 2.24) is 0 Å². The Balaban J connectivity index is 1.99. The van der Waals surface area contributed by atoms with Crippen LogP contribution in [-0.4, -0.2) is 12.6 Å². The predicted octanol–water partition coefficient (Wildman–Crippen LogP) is 4.13. The van der Waals surface area contributed by atoms with Crippen molar-refractivity contribution in [3.05, 3.63) is 35.9 Å². The maximum absolute atomic E-state index is 10.9. The van der Waals surface area contributed by atoms with E-state index in [1.807, 2.05) is 0 Å². The molecule has 0 saturated heterocycles. The van der Waals surface area contributed by atoms with Gasteiger partial charge < -0.3 is 4.74 Å². The highest BCUT2D eigenvalue weighted by molar-refractivity contribution is 5.65. The minimum atomic E-state index is -0.161. The summed E-state index contributed by atoms with van der Waals surface area (Å²) in [5, 5.41) is 0. The van der Waals surface area contributed by atoms with Gasteiger partial charge in [0.1, 0.15) is 0 Å². The van der Waals surface area contributed by atoms with E-state index >= 15 is 0 Å². The lowest BCUT2D eigenvalue weighted by molar-refractivity contribution is -0.141. The Morgan fingerprint density at radius 3 is 2.47 bits per heavy atom. The fraction of sp³-hybridized carbons (Fsp3) is 0.588. The van der Waals surface area contributed by atoms with Crippen LogP contribution in [0.25, 0.3) is 0 Å². The van der Waals surface area contributed by atoms with Crippen LogP contribution in [0.2, 0.25) is 0 Å². The molecule has 0 bridgehead atoms. The van der Waals surface area contributed by atoms with Gasteiger partial charge in [0, 0.05) is 6.92 Å². The second-order valence-electron chi connectivity index (χ2n) is 5.81. The molecule has 1 saturated carbocycles. The molecule has 0 aliphatic heterocycles. The monoisotopic (exact) mass is 260 g/mol. The van der Waals surface area contributed by atoms with E-state index in [1.165, 1.54) is 44.6 Å². The van der Waals surface area contributed by atoms with Crippen molar-refractivity contribution in [2.75, 3.05) is 6.61 Å². The van der Waals surface area contributed by atoms with Gasteiger partial charge in [0.05, 0.1) is 6.61 Å². The first-order chi connectivity index (χ1) is 9.20. The molecule has 2 heteroatoms. The normalized spacial score (nSPS) is 17.9. The Morgan fingerprint density at radius 1 is 1.16 bits per heavy atom. The number of benzene rings is 1. The molecule has 0 atom stereocenters. The largest absolute Gasteiger partial charge is 0.466 e. The first-order valence-electron chi connectivity index (χ1n) is 7.38. The number of carbonyl (C=O) groups is 1. The zero-order valence-electron chi connectivity index (χ0n) is 11.9. The van der Waals surface area contributed by atoms with Crippen molar-refractivity contribution < 1.29 is 9.53 Å². The number of hydrogen-bond acceptors (Lipinski definition) is 2. The van der Waals surface area contributed by atoms with E-state index in [0.717, 1.165) is 12.8 Å². The van der Waals surface area contributed by atoms with Gasteiger partial charge >= 0.3 is 5.97 Å². The van der Waals surface area contributed by atoms with Crippen LogP contribution in [-0.2, 0) is 16.0 Å². The molecule has 0 aromatic heterocycles. The summed E-state index contributed by atoms with van der Waals surface area (Å²) in [4.78, 5) is 10.9. The van der Waals surface area contributed by atoms with Crippen LogP contribution in [0.1, 0.15) is 51.0 Å². The first-order valence-corrected chi connectivity index (χ1v) is 7.38. The second-order valence-corrected chi connectivity index (χ2v) is 5.81. The molecular weight excluding hydrogens is 236 g/mol. The van der Waals surface area contributed by atoms with Crippen LogP contribution in [0.4, 0.5) is 0 Å². The number of rotatable bonds is 5. The van der Waals surface area contributed by atoms with Gasteiger partial charge in [-0.05, 0) is 36.7 Å². The Kier molecular flexibility index (Phi) is 5.00. The number of esters is 1. The van der Waals surface area contributed by atoms with Gasteiger partial charge in [-0.3, -0.25) is 4.79 Å². The third kappa shape index (κ3) is 4.38. The lowest BCUT2D eigenvalue weighted by Gasteiger charge is -2.37. The van der Waals surface area contributed by atoms with Gasteiger partial charge in [-0.25, -0.2) is 0 Å². The Labute approximate surface area is 116 Å². The zero-order valence-corrected chi connectivity index (χ0v) is 11.9. The maximum atomic E-state index is 10.9. The molecule has 0 heterocycles. The molecule has 1 aliphatic carbocycles. The van der Waals surface area contributed by atoms with Crippen LogP contribution in [0, 0.1) is 5.41 Å². The Bertz CT molecular complexity index is 391. The second kappa shape index (κ2) is 6.74. The van der Waals surface area contributed by atoms with Crippen LogP contribution in [0.5, 0.6) is 0 Å². The molecule has 1 aromatic carbocycles. The van der Waals surface area contributed by atoms with Crippen molar-refractivity contribution in [1.29, 1.82) is 0 Å². The molecular formula is C17H24O2. The van der Waals surface area contributed by atoms with E-state index in [0.29, 0.717) is 12.0 Å². The molecule has 19 heavy (non-hydrogen) atoms. The molecule has 1 fully saturated rings. The van der Waals surface area contributed by atoms with Crippen molar-refractivity contribution >= 4 is 5.97 Å². The van der Waals surface area contributed by atoms with E-state index < -0.39 is 0 Å². The Hall–Kier alpha value is -1.31. The molecule has 0 amide bonds. The lowest BCUT2D eigenvalue weighted by Crippen LogP contribution is -2.28. The third-order valence-corrected chi connectivity index (χ3v) is 4.27. The summed E-state index contributed by atoms with van der Waals surface area (Å²) in [5.41, 5.74) is 1.75. The van der Waals surface area contributed by atoms with Gasteiger partial charge in [0.25, 0.3) is 0 Å². The van der Waals surface area contributed by atoms with E-state index in [4.69, 9.17) is 4.74 Å². The quantitative estimate of drug-likeness (QED) is 0.744. The molecule has 0 spiro atoms. The van der Waals surface area contributed by atoms with Crippen LogP contribution >= 0.6 is 0 Å². The molecule has 0 unspecified atom stereocenters. The third-order valence-electron chi connectivity index (χ3n) is 4.27. The van der Waals surface area contributed by atoms with Gasteiger partial charge in [0.15, 0.2) is 0 Å². The topological polar surface area (TPSA) is 26.3 Å². The van der Waals surface area contributed by atoms with Crippen molar-refractivity contribution in [3.63, 3.8) is 0 Å². The molecule has 2 rings (SSSR count). The smallest absolute Gasteiger partial charge is 0.302 e. The summed E-state index contributed by atoms with van der Waals surface area (Å²) in [5.74, 6) is -0.161. The maximum Gasteiger partial charge on any atom is 0.302 e. The minimum absolute atomic E-state index is 0.161. The predicted molar refractivity (Wildman–Crippen MR) is 76.9 cm³/mol. The molecule has 0 radical (unpaired) electrons. The van der Waals surface area contributed by atoms with E-state index in [2.05, 4.69) is 30.3 Å². The summed E-state index contributed by atoms with van der Waals surface area (Å²) in [6.45, 7) is 2.06. The van der Waals surface area contributed by atoms with Gasteiger partial charge in [-0.1, -0.05) is 49.6 Å². The fourth-order valence-corrected chi connectivity index (χ4v) is 3.26. The number of hydrogen-bond donors (Lipinski definition) is 0. The summed E-state index contributed by atoms with van der Waals surface area (Å²) >= 11 is 0. The van der Waals surface area contributed by atoms with E-state index in [9.17, 15) is 4.79 Å². The van der Waals surface area contributed by atoms with Crippen molar-refractivity contribution in [2.24, 2.45) is 5.41 Å². The SMILES string of the molecule is CC(=O)OCCC1(Cc2ccccc2)CCCCC1. The molecule has 1 aromatic rings. The van der Waals surface area contributed by atoms with Gasteiger partial charge in [-0.2, -0.15) is 0 Å². The van der Waals surface area contributed by atoms with Crippen LogP contribution < -0.4 is 0 Å². The average molecular weight is 260 g/mol. The highest BCUT2D eigenvalue weighted by Gasteiger charge is 2.32. The summed E-state index contributed by atoms with van der Waals surface area (Å²) < 4.78 is 5.17.